The van der Waals surface area contributed by atoms with E-state index in [-0.39, 0.29) is 29.4 Å². The third-order valence-electron chi connectivity index (χ3n) is 2.22. The van der Waals surface area contributed by atoms with Gasteiger partial charge in [-0.1, -0.05) is 0 Å². The van der Waals surface area contributed by atoms with Crippen molar-refractivity contribution in [1.82, 2.24) is 0 Å². The Morgan fingerprint density at radius 2 is 2.14 bits per heavy atom. The number of hydrogen-bond donors (Lipinski definition) is 1. The third kappa shape index (κ3) is 1.49. The van der Waals surface area contributed by atoms with E-state index in [4.69, 9.17) is 5.73 Å². The maximum atomic E-state index is 13.3. The number of amides is 1. The summed E-state index contributed by atoms with van der Waals surface area (Å²) in [6.45, 7) is 0. The second kappa shape index (κ2) is 3.59. The fraction of sp³-hybridized carbons (Fsp3) is 0.222. The summed E-state index contributed by atoms with van der Waals surface area (Å²) in [5.41, 5.74) is 6.84. The summed E-state index contributed by atoms with van der Waals surface area (Å²) in [5.74, 6) is -0.525. The van der Waals surface area contributed by atoms with E-state index in [1.54, 1.807) is 13.1 Å². The standard InChI is InChI=1S/C9H9FN2O.Fe/c1-12-8(13)3-5-2-6(11)4-7(10)9(5)12;/h2,4H,3,11H2,1H3;/q;+2. The number of carbonyl (C=O) groups is 1. The second-order valence-electron chi connectivity index (χ2n) is 3.14. The van der Waals surface area contributed by atoms with E-state index < -0.39 is 5.82 Å². The van der Waals surface area contributed by atoms with Crippen LogP contribution in [-0.4, -0.2) is 13.0 Å². The zero-order valence-corrected chi connectivity index (χ0v) is 8.63. The molecular formula is C9H9FFeN2O+2. The Balaban J connectivity index is 0.000000980. The first-order valence-electron chi connectivity index (χ1n) is 3.94. The summed E-state index contributed by atoms with van der Waals surface area (Å²) in [6, 6.07) is 2.87. The van der Waals surface area contributed by atoms with Crippen molar-refractivity contribution in [2.24, 2.45) is 0 Å². The number of rotatable bonds is 0. The van der Waals surface area contributed by atoms with Crippen molar-refractivity contribution in [2.45, 2.75) is 6.42 Å². The van der Waals surface area contributed by atoms with Crippen LogP contribution in [0.25, 0.3) is 0 Å². The molecule has 1 aliphatic rings. The van der Waals surface area contributed by atoms with E-state index in [2.05, 4.69) is 0 Å². The number of benzene rings is 1. The Hall–Kier alpha value is -1.06. The first kappa shape index (κ1) is 11.0. The van der Waals surface area contributed by atoms with Crippen molar-refractivity contribution in [3.05, 3.63) is 23.5 Å². The zero-order valence-electron chi connectivity index (χ0n) is 7.53. The fourth-order valence-electron chi connectivity index (χ4n) is 1.60. The first-order chi connectivity index (χ1) is 6.09. The summed E-state index contributed by atoms with van der Waals surface area (Å²) < 4.78 is 13.3. The van der Waals surface area contributed by atoms with Gasteiger partial charge in [0, 0.05) is 12.7 Å². The van der Waals surface area contributed by atoms with Gasteiger partial charge >= 0.3 is 17.1 Å². The van der Waals surface area contributed by atoms with Gasteiger partial charge in [0.25, 0.3) is 0 Å². The summed E-state index contributed by atoms with van der Waals surface area (Å²) in [7, 11) is 1.56. The number of halogens is 1. The molecule has 14 heavy (non-hydrogen) atoms. The monoisotopic (exact) mass is 236 g/mol. The quantitative estimate of drug-likeness (QED) is 0.537. The van der Waals surface area contributed by atoms with Gasteiger partial charge in [0.05, 0.1) is 12.1 Å². The molecule has 74 valence electrons. The van der Waals surface area contributed by atoms with Crippen LogP contribution < -0.4 is 10.6 Å². The van der Waals surface area contributed by atoms with Crippen molar-refractivity contribution < 1.29 is 26.3 Å². The van der Waals surface area contributed by atoms with E-state index in [9.17, 15) is 9.18 Å². The van der Waals surface area contributed by atoms with Crippen molar-refractivity contribution in [3.8, 4) is 0 Å². The van der Waals surface area contributed by atoms with Gasteiger partial charge in [-0.25, -0.2) is 4.39 Å². The predicted octanol–water partition coefficient (Wildman–Crippen LogP) is 0.924. The molecule has 3 nitrogen and oxygen atoms in total. The van der Waals surface area contributed by atoms with Crippen LogP contribution in [-0.2, 0) is 28.3 Å². The van der Waals surface area contributed by atoms with E-state index >= 15 is 0 Å². The Bertz CT molecular complexity index is 395. The topological polar surface area (TPSA) is 46.3 Å². The van der Waals surface area contributed by atoms with Gasteiger partial charge in [-0.15, -0.1) is 0 Å². The molecule has 1 heterocycles. The summed E-state index contributed by atoms with van der Waals surface area (Å²) in [4.78, 5) is 12.5. The number of fused-ring (bicyclic) bond motifs is 1. The number of carbonyl (C=O) groups excluding carboxylic acids is 1. The molecule has 0 radical (unpaired) electrons. The smallest absolute Gasteiger partial charge is 0.399 e. The molecule has 0 unspecified atom stereocenters. The van der Waals surface area contributed by atoms with Crippen LogP contribution in [0.2, 0.25) is 0 Å². The van der Waals surface area contributed by atoms with Crippen LogP contribution in [0.15, 0.2) is 12.1 Å². The molecule has 0 saturated carbocycles. The van der Waals surface area contributed by atoms with Gasteiger partial charge in [0.15, 0.2) is 0 Å². The number of nitrogen functional groups attached to an aromatic ring is 1. The molecule has 2 N–H and O–H groups in total. The number of anilines is 2. The maximum absolute atomic E-state index is 13.3. The minimum absolute atomic E-state index is 0. The summed E-state index contributed by atoms with van der Waals surface area (Å²) in [5, 5.41) is 0. The zero-order chi connectivity index (χ0) is 9.59. The van der Waals surface area contributed by atoms with Gasteiger partial charge in [-0.05, 0) is 17.7 Å². The Morgan fingerprint density at radius 1 is 1.50 bits per heavy atom. The molecular weight excluding hydrogens is 227 g/mol. The van der Waals surface area contributed by atoms with Gasteiger partial charge in [-0.2, -0.15) is 0 Å². The SMILES string of the molecule is CN1C(=O)Cc2cc(N)cc(F)c21.[Fe+2]. The van der Waals surface area contributed by atoms with Gasteiger partial charge in [0.1, 0.15) is 5.82 Å². The molecule has 1 aromatic carbocycles. The molecule has 2 rings (SSSR count). The van der Waals surface area contributed by atoms with Gasteiger partial charge in [-0.3, -0.25) is 4.79 Å². The molecule has 1 aromatic rings. The molecule has 0 bridgehead atoms. The number of nitrogens with zero attached hydrogens (tertiary/aromatic N) is 1. The van der Waals surface area contributed by atoms with Crippen LogP contribution >= 0.6 is 0 Å². The Kier molecular flexibility index (Phi) is 2.83. The summed E-state index contributed by atoms with van der Waals surface area (Å²) >= 11 is 0. The van der Waals surface area contributed by atoms with Crippen LogP contribution in [0.5, 0.6) is 0 Å². The second-order valence-corrected chi connectivity index (χ2v) is 3.14. The largest absolute Gasteiger partial charge is 2.00 e. The van der Waals surface area contributed by atoms with Crippen LogP contribution in [0.4, 0.5) is 15.8 Å². The van der Waals surface area contributed by atoms with E-state index in [1.807, 2.05) is 0 Å². The molecule has 0 spiro atoms. The van der Waals surface area contributed by atoms with Crippen molar-refractivity contribution in [1.29, 1.82) is 0 Å². The van der Waals surface area contributed by atoms with Crippen molar-refractivity contribution in [3.63, 3.8) is 0 Å². The average Bonchev–Trinajstić information content (AvgIpc) is 2.27. The minimum Gasteiger partial charge on any atom is -0.399 e. The number of likely N-dealkylation sites (N-methyl/N-ethyl adjacent to an activating group) is 1. The first-order valence-corrected chi connectivity index (χ1v) is 3.94. The number of nitrogens with two attached hydrogens (primary N) is 1. The Labute approximate surface area is 91.5 Å². The average molecular weight is 236 g/mol. The molecule has 0 fully saturated rings. The van der Waals surface area contributed by atoms with Crippen molar-refractivity contribution >= 4 is 17.3 Å². The van der Waals surface area contributed by atoms with Gasteiger partial charge in [0.2, 0.25) is 5.91 Å². The number of hydrogen-bond acceptors (Lipinski definition) is 2. The summed E-state index contributed by atoms with van der Waals surface area (Å²) in [6.07, 6.45) is 0.244. The van der Waals surface area contributed by atoms with Crippen LogP contribution in [0.3, 0.4) is 0 Å². The van der Waals surface area contributed by atoms with E-state index in [0.717, 1.165) is 0 Å². The third-order valence-corrected chi connectivity index (χ3v) is 2.22. The maximum Gasteiger partial charge on any atom is 2.00 e. The molecule has 0 aliphatic carbocycles. The molecule has 0 atom stereocenters. The molecule has 0 aromatic heterocycles. The molecule has 1 amide bonds. The van der Waals surface area contributed by atoms with Crippen molar-refractivity contribution in [2.75, 3.05) is 17.7 Å². The van der Waals surface area contributed by atoms with Gasteiger partial charge < -0.3 is 10.6 Å². The normalized spacial score (nSPS) is 13.9. The predicted molar refractivity (Wildman–Crippen MR) is 47.9 cm³/mol. The van der Waals surface area contributed by atoms with Crippen LogP contribution in [0.1, 0.15) is 5.56 Å². The Morgan fingerprint density at radius 3 is 2.79 bits per heavy atom. The van der Waals surface area contributed by atoms with E-state index in [1.165, 1.54) is 11.0 Å². The molecule has 5 heteroatoms. The van der Waals surface area contributed by atoms with Crippen LogP contribution in [0, 0.1) is 5.82 Å². The fourth-order valence-corrected chi connectivity index (χ4v) is 1.60. The molecule has 0 saturated heterocycles. The molecule has 1 aliphatic heterocycles. The van der Waals surface area contributed by atoms with E-state index in [0.29, 0.717) is 16.9 Å². The minimum atomic E-state index is -0.427.